The van der Waals surface area contributed by atoms with E-state index in [-0.39, 0.29) is 6.42 Å². The maximum absolute atomic E-state index is 11.1. The van der Waals surface area contributed by atoms with Crippen molar-refractivity contribution < 1.29 is 43.3 Å². The van der Waals surface area contributed by atoms with E-state index in [2.05, 4.69) is 4.57 Å². The van der Waals surface area contributed by atoms with Crippen molar-refractivity contribution in [2.24, 2.45) is 0 Å². The number of rotatable bonds is 5. The first kappa shape index (κ1) is 21.5. The number of aromatic nitrogens is 1. The standard InChI is InChI=1S/C20H17NO2.ClHO4/c22-20(23)14-15-21-18(16-8-3-1-4-9-16)12-7-13-19(21)17-10-5-2-6-11-17;2-1(3,4)5/h1-13H,14-15H2;(H,2,3,4,5). The fourth-order valence-corrected chi connectivity index (χ4v) is 2.71. The molecule has 0 aliphatic carbocycles. The van der Waals surface area contributed by atoms with Gasteiger partial charge in [0.05, 0.1) is 0 Å². The number of hydrogen-bond acceptors (Lipinski definition) is 5. The predicted molar refractivity (Wildman–Crippen MR) is 89.8 cm³/mol. The molecule has 0 unspecified atom stereocenters. The Balaban J connectivity index is 0.000000500. The smallest absolute Gasteiger partial charge is 0.309 e. The van der Waals surface area contributed by atoms with Crippen LogP contribution in [0.1, 0.15) is 6.42 Å². The number of pyridine rings is 1. The van der Waals surface area contributed by atoms with Crippen molar-refractivity contribution in [2.75, 3.05) is 0 Å². The highest BCUT2D eigenvalue weighted by Crippen LogP contribution is 2.21. The van der Waals surface area contributed by atoms with Crippen LogP contribution in [0.4, 0.5) is 0 Å². The van der Waals surface area contributed by atoms with Gasteiger partial charge in [0.1, 0.15) is 6.42 Å². The fraction of sp³-hybridized carbons (Fsp3) is 0.100. The third-order valence-electron chi connectivity index (χ3n) is 3.78. The molecule has 7 nitrogen and oxygen atoms in total. The lowest BCUT2D eigenvalue weighted by Crippen LogP contribution is -2.68. The van der Waals surface area contributed by atoms with Gasteiger partial charge >= 0.3 is 5.97 Å². The van der Waals surface area contributed by atoms with Crippen molar-refractivity contribution in [2.45, 2.75) is 13.0 Å². The van der Waals surface area contributed by atoms with Gasteiger partial charge in [-0.05, 0) is 30.3 Å². The Morgan fingerprint density at radius 1 is 0.750 bits per heavy atom. The Kier molecular flexibility index (Phi) is 7.62. The van der Waals surface area contributed by atoms with Crippen LogP contribution in [-0.4, -0.2) is 11.1 Å². The summed E-state index contributed by atoms with van der Waals surface area (Å²) < 4.78 is 36.1. The van der Waals surface area contributed by atoms with Gasteiger partial charge in [-0.25, -0.2) is 18.6 Å². The lowest BCUT2D eigenvalue weighted by atomic mass is 10.1. The first-order valence-corrected chi connectivity index (χ1v) is 9.46. The van der Waals surface area contributed by atoms with Gasteiger partial charge in [-0.15, -0.1) is 10.2 Å². The van der Waals surface area contributed by atoms with Gasteiger partial charge in [-0.3, -0.25) is 4.79 Å². The Morgan fingerprint density at radius 3 is 1.50 bits per heavy atom. The van der Waals surface area contributed by atoms with Crippen LogP contribution in [-0.2, 0) is 11.3 Å². The average Bonchev–Trinajstić information content (AvgIpc) is 2.66. The van der Waals surface area contributed by atoms with Crippen LogP contribution in [0.15, 0.2) is 78.9 Å². The lowest BCUT2D eigenvalue weighted by Gasteiger charge is -2.17. The molecule has 0 saturated carbocycles. The monoisotopic (exact) mass is 403 g/mol. The van der Waals surface area contributed by atoms with E-state index in [4.69, 9.17) is 23.7 Å². The van der Waals surface area contributed by atoms with Gasteiger partial charge in [0.25, 0.3) is 0 Å². The second kappa shape index (κ2) is 9.93. The lowest BCUT2D eigenvalue weighted by molar-refractivity contribution is -2.00. The Labute approximate surface area is 164 Å². The summed E-state index contributed by atoms with van der Waals surface area (Å²) in [5, 5.41) is 9.08. The van der Waals surface area contributed by atoms with Gasteiger partial charge in [-0.1, -0.05) is 36.4 Å². The van der Waals surface area contributed by atoms with Crippen LogP contribution in [0, 0.1) is 10.2 Å². The predicted octanol–water partition coefficient (Wildman–Crippen LogP) is -0.973. The van der Waals surface area contributed by atoms with Crippen molar-refractivity contribution in [1.82, 2.24) is 0 Å². The maximum atomic E-state index is 11.1. The third kappa shape index (κ3) is 7.07. The SMILES string of the molecule is O=C(O)CC[n+]1c(-c2ccccc2)cccc1-c1ccccc1.[O-][Cl+3]([O-])([O-])[O-]. The molecular weight excluding hydrogens is 386 g/mol. The van der Waals surface area contributed by atoms with Gasteiger partial charge in [-0.2, -0.15) is 4.57 Å². The highest BCUT2D eigenvalue weighted by Gasteiger charge is 2.20. The van der Waals surface area contributed by atoms with E-state index in [1.807, 2.05) is 78.9 Å². The van der Waals surface area contributed by atoms with Gasteiger partial charge in [0, 0.05) is 23.3 Å². The quantitative estimate of drug-likeness (QED) is 0.544. The van der Waals surface area contributed by atoms with E-state index in [0.717, 1.165) is 22.5 Å². The molecule has 8 heteroatoms. The topological polar surface area (TPSA) is 133 Å². The second-order valence-electron chi connectivity index (χ2n) is 5.70. The molecule has 28 heavy (non-hydrogen) atoms. The van der Waals surface area contributed by atoms with Crippen LogP contribution >= 0.6 is 0 Å². The summed E-state index contributed by atoms with van der Waals surface area (Å²) in [7, 11) is -4.94. The van der Waals surface area contributed by atoms with Crippen molar-refractivity contribution >= 4 is 5.97 Å². The van der Waals surface area contributed by atoms with Crippen molar-refractivity contribution in [1.29, 1.82) is 0 Å². The molecule has 3 aromatic rings. The summed E-state index contributed by atoms with van der Waals surface area (Å²) in [6.45, 7) is 0.435. The first-order chi connectivity index (χ1) is 13.3. The number of hydrogen-bond donors (Lipinski definition) is 1. The van der Waals surface area contributed by atoms with Crippen LogP contribution in [0.3, 0.4) is 0 Å². The maximum Gasteiger partial charge on any atom is 0.309 e. The van der Waals surface area contributed by atoms with E-state index in [1.54, 1.807) is 0 Å². The van der Waals surface area contributed by atoms with Crippen LogP contribution in [0.25, 0.3) is 22.5 Å². The van der Waals surface area contributed by atoms with E-state index in [9.17, 15) is 4.79 Å². The molecule has 1 N–H and O–H groups in total. The van der Waals surface area contributed by atoms with Gasteiger partial charge < -0.3 is 5.11 Å². The fourth-order valence-electron chi connectivity index (χ4n) is 2.71. The number of nitrogens with zero attached hydrogens (tertiary/aromatic N) is 1. The number of benzene rings is 2. The van der Waals surface area contributed by atoms with Crippen molar-refractivity contribution in [3.8, 4) is 22.5 Å². The molecule has 0 spiro atoms. The Morgan fingerprint density at radius 2 is 1.14 bits per heavy atom. The highest BCUT2D eigenvalue weighted by atomic mass is 35.7. The molecule has 0 atom stereocenters. The molecule has 3 rings (SSSR count). The number of aliphatic carboxylic acids is 1. The Hall–Kier alpha value is -2.81. The second-order valence-corrected chi connectivity index (χ2v) is 6.46. The van der Waals surface area contributed by atoms with Crippen LogP contribution in [0.2, 0.25) is 0 Å². The normalized spacial score (nSPS) is 10.7. The summed E-state index contributed by atoms with van der Waals surface area (Å²) in [4.78, 5) is 11.1. The minimum absolute atomic E-state index is 0.0916. The minimum atomic E-state index is -4.94. The molecule has 0 fully saturated rings. The molecule has 0 amide bonds. The summed E-state index contributed by atoms with van der Waals surface area (Å²) in [6, 6.07) is 26.2. The van der Waals surface area contributed by atoms with Crippen molar-refractivity contribution in [3.05, 3.63) is 78.9 Å². The third-order valence-corrected chi connectivity index (χ3v) is 3.78. The zero-order chi connectivity index (χ0) is 20.6. The zero-order valence-electron chi connectivity index (χ0n) is 14.7. The number of carboxylic acid groups (broad SMARTS) is 1. The molecule has 0 aliphatic heterocycles. The Bertz CT molecular complexity index is 834. The minimum Gasteiger partial charge on any atom is -0.481 e. The average molecular weight is 404 g/mol. The van der Waals surface area contributed by atoms with E-state index < -0.39 is 16.2 Å². The summed E-state index contributed by atoms with van der Waals surface area (Å²) >= 11 is 0. The number of halogens is 1. The molecule has 0 saturated heterocycles. The molecule has 2 aromatic carbocycles. The number of carboxylic acids is 1. The van der Waals surface area contributed by atoms with E-state index >= 15 is 0 Å². The van der Waals surface area contributed by atoms with Gasteiger partial charge in [0.15, 0.2) is 6.54 Å². The summed E-state index contributed by atoms with van der Waals surface area (Å²) in [5.74, 6) is -0.792. The van der Waals surface area contributed by atoms with Crippen molar-refractivity contribution in [3.63, 3.8) is 0 Å². The summed E-state index contributed by atoms with van der Waals surface area (Å²) in [5.41, 5.74) is 4.20. The van der Waals surface area contributed by atoms with Crippen LogP contribution in [0.5, 0.6) is 0 Å². The molecule has 1 aromatic heterocycles. The first-order valence-electron chi connectivity index (χ1n) is 8.23. The van der Waals surface area contributed by atoms with Crippen LogP contribution < -0.4 is 23.2 Å². The molecule has 146 valence electrons. The molecular formula is C20H18ClNO6. The van der Waals surface area contributed by atoms with E-state index in [1.165, 1.54) is 0 Å². The number of carbonyl (C=O) groups is 1. The largest absolute Gasteiger partial charge is 0.481 e. The highest BCUT2D eigenvalue weighted by molar-refractivity contribution is 5.66. The van der Waals surface area contributed by atoms with E-state index in [0.29, 0.717) is 6.54 Å². The molecule has 0 bridgehead atoms. The molecule has 0 radical (unpaired) electrons. The summed E-state index contributed by atoms with van der Waals surface area (Å²) in [6.07, 6.45) is 0.0916. The van der Waals surface area contributed by atoms with Gasteiger partial charge in [0.2, 0.25) is 11.4 Å². The molecule has 1 heterocycles. The zero-order valence-corrected chi connectivity index (χ0v) is 15.5. The molecule has 0 aliphatic rings.